The molecule has 0 fully saturated rings. The lowest BCUT2D eigenvalue weighted by Crippen LogP contribution is -2.40. The highest BCUT2D eigenvalue weighted by atomic mass is 16.4. The van der Waals surface area contributed by atoms with Crippen molar-refractivity contribution in [3.05, 3.63) is 0 Å². The number of nitrogens with two attached hydrogens (primary N) is 1. The van der Waals surface area contributed by atoms with Crippen molar-refractivity contribution in [2.24, 2.45) is 5.73 Å². The number of rotatable bonds is 3. The molecule has 0 spiro atoms. The first-order chi connectivity index (χ1) is 4.09. The third kappa shape index (κ3) is 2.41. The molecule has 0 saturated carbocycles. The standard InChI is InChI=1S/C4H10N2O3/c5-4(6)3(9)2(8)1-7/h2-3,7-9H,1H2,(H3,5,6). The summed E-state index contributed by atoms with van der Waals surface area (Å²) in [6.45, 7) is -0.596. The SMILES string of the molecule is N=C(N)C(O)C(O)CO. The predicted molar refractivity (Wildman–Crippen MR) is 31.0 cm³/mol. The van der Waals surface area contributed by atoms with Crippen LogP contribution in [0.15, 0.2) is 0 Å². The van der Waals surface area contributed by atoms with E-state index in [9.17, 15) is 0 Å². The number of aliphatic hydroxyl groups excluding tert-OH is 3. The minimum absolute atomic E-state index is 0.545. The van der Waals surface area contributed by atoms with Crippen LogP contribution in [0.25, 0.3) is 0 Å². The van der Waals surface area contributed by atoms with Gasteiger partial charge in [-0.3, -0.25) is 5.41 Å². The molecule has 2 atom stereocenters. The summed E-state index contributed by atoms with van der Waals surface area (Å²) < 4.78 is 0. The van der Waals surface area contributed by atoms with E-state index in [2.05, 4.69) is 0 Å². The highest BCUT2D eigenvalue weighted by molar-refractivity contribution is 5.82. The van der Waals surface area contributed by atoms with E-state index in [0.29, 0.717) is 0 Å². The van der Waals surface area contributed by atoms with Gasteiger partial charge in [-0.25, -0.2) is 0 Å². The first-order valence-corrected chi connectivity index (χ1v) is 2.40. The van der Waals surface area contributed by atoms with Crippen LogP contribution in [0.1, 0.15) is 0 Å². The van der Waals surface area contributed by atoms with Crippen molar-refractivity contribution in [1.82, 2.24) is 0 Å². The molecule has 0 aliphatic carbocycles. The van der Waals surface area contributed by atoms with Crippen molar-refractivity contribution >= 4 is 5.84 Å². The van der Waals surface area contributed by atoms with E-state index < -0.39 is 24.7 Å². The van der Waals surface area contributed by atoms with Crippen LogP contribution in [0.2, 0.25) is 0 Å². The van der Waals surface area contributed by atoms with Crippen LogP contribution in [-0.4, -0.2) is 40.0 Å². The lowest BCUT2D eigenvalue weighted by molar-refractivity contribution is 0.0175. The maximum Gasteiger partial charge on any atom is 0.138 e. The van der Waals surface area contributed by atoms with Gasteiger partial charge in [0.25, 0.3) is 0 Å². The van der Waals surface area contributed by atoms with Crippen LogP contribution in [0.4, 0.5) is 0 Å². The summed E-state index contributed by atoms with van der Waals surface area (Å²) in [5.41, 5.74) is 4.77. The Labute approximate surface area is 52.2 Å². The van der Waals surface area contributed by atoms with Crippen LogP contribution < -0.4 is 5.73 Å². The first-order valence-electron chi connectivity index (χ1n) is 2.40. The van der Waals surface area contributed by atoms with Crippen LogP contribution >= 0.6 is 0 Å². The van der Waals surface area contributed by atoms with Gasteiger partial charge >= 0.3 is 0 Å². The van der Waals surface area contributed by atoms with Crippen LogP contribution in [0.5, 0.6) is 0 Å². The Balaban J connectivity index is 3.72. The molecule has 54 valence electrons. The predicted octanol–water partition coefficient (Wildman–Crippen LogP) is -2.36. The highest BCUT2D eigenvalue weighted by Gasteiger charge is 2.16. The first kappa shape index (κ1) is 8.35. The molecule has 0 aromatic carbocycles. The van der Waals surface area contributed by atoms with E-state index in [1.807, 2.05) is 0 Å². The number of amidine groups is 1. The molecule has 5 heteroatoms. The summed E-state index contributed by atoms with van der Waals surface area (Å²) in [5.74, 6) is -0.545. The largest absolute Gasteiger partial charge is 0.394 e. The van der Waals surface area contributed by atoms with Gasteiger partial charge in [0.1, 0.15) is 18.0 Å². The Morgan fingerprint density at radius 2 is 2.00 bits per heavy atom. The van der Waals surface area contributed by atoms with Gasteiger partial charge in [-0.1, -0.05) is 0 Å². The summed E-state index contributed by atoms with van der Waals surface area (Å²) in [5, 5.41) is 32.0. The van der Waals surface area contributed by atoms with E-state index >= 15 is 0 Å². The fraction of sp³-hybridized carbons (Fsp3) is 0.750. The van der Waals surface area contributed by atoms with Gasteiger partial charge < -0.3 is 21.1 Å². The molecule has 0 radical (unpaired) electrons. The smallest absolute Gasteiger partial charge is 0.138 e. The molecule has 0 heterocycles. The third-order valence-corrected chi connectivity index (χ3v) is 0.870. The molecule has 0 rings (SSSR count). The van der Waals surface area contributed by atoms with Gasteiger partial charge in [-0.2, -0.15) is 0 Å². The molecule has 9 heavy (non-hydrogen) atoms. The molecular formula is C4H10N2O3. The average molecular weight is 134 g/mol. The maximum atomic E-state index is 8.64. The van der Waals surface area contributed by atoms with Crippen molar-refractivity contribution in [2.75, 3.05) is 6.61 Å². The van der Waals surface area contributed by atoms with Crippen molar-refractivity contribution in [2.45, 2.75) is 12.2 Å². The Kier molecular flexibility index (Phi) is 3.15. The lowest BCUT2D eigenvalue weighted by atomic mass is 10.2. The van der Waals surface area contributed by atoms with Gasteiger partial charge in [-0.05, 0) is 0 Å². The molecule has 0 aromatic heterocycles. The van der Waals surface area contributed by atoms with Gasteiger partial charge in [0.2, 0.25) is 0 Å². The minimum Gasteiger partial charge on any atom is -0.394 e. The summed E-state index contributed by atoms with van der Waals surface area (Å²) >= 11 is 0. The average Bonchev–Trinajstić information content (AvgIpc) is 1.84. The topological polar surface area (TPSA) is 111 Å². The quantitative estimate of drug-likeness (QED) is 0.219. The van der Waals surface area contributed by atoms with E-state index in [4.69, 9.17) is 26.5 Å². The van der Waals surface area contributed by atoms with E-state index in [1.165, 1.54) is 0 Å². The zero-order valence-electron chi connectivity index (χ0n) is 4.78. The van der Waals surface area contributed by atoms with Crippen molar-refractivity contribution in [1.29, 1.82) is 5.41 Å². The summed E-state index contributed by atoms with van der Waals surface area (Å²) in [4.78, 5) is 0. The zero-order valence-corrected chi connectivity index (χ0v) is 4.78. The Morgan fingerprint density at radius 3 is 2.11 bits per heavy atom. The van der Waals surface area contributed by atoms with Crippen LogP contribution in [-0.2, 0) is 0 Å². The van der Waals surface area contributed by atoms with Crippen molar-refractivity contribution in [3.8, 4) is 0 Å². The summed E-state index contributed by atoms with van der Waals surface area (Å²) in [6, 6.07) is 0. The second-order valence-electron chi connectivity index (χ2n) is 1.65. The molecule has 5 nitrogen and oxygen atoms in total. The van der Waals surface area contributed by atoms with Gasteiger partial charge in [-0.15, -0.1) is 0 Å². The normalized spacial score (nSPS) is 16.8. The molecule has 0 aromatic rings. The van der Waals surface area contributed by atoms with E-state index in [-0.39, 0.29) is 0 Å². The maximum absolute atomic E-state index is 8.64. The molecule has 0 aliphatic rings. The molecule has 0 amide bonds. The van der Waals surface area contributed by atoms with Gasteiger partial charge in [0, 0.05) is 0 Å². The Hall–Kier alpha value is -0.650. The summed E-state index contributed by atoms with van der Waals surface area (Å²) in [7, 11) is 0. The monoisotopic (exact) mass is 134 g/mol. The summed E-state index contributed by atoms with van der Waals surface area (Å²) in [6.07, 6.45) is -2.79. The zero-order chi connectivity index (χ0) is 7.44. The molecule has 2 unspecified atom stereocenters. The van der Waals surface area contributed by atoms with E-state index in [0.717, 1.165) is 0 Å². The Morgan fingerprint density at radius 1 is 1.56 bits per heavy atom. The van der Waals surface area contributed by atoms with Gasteiger partial charge in [0.05, 0.1) is 6.61 Å². The molecule has 0 saturated heterocycles. The number of nitrogens with one attached hydrogen (secondary N) is 1. The lowest BCUT2D eigenvalue weighted by Gasteiger charge is -2.12. The fourth-order valence-electron chi connectivity index (χ4n) is 0.307. The van der Waals surface area contributed by atoms with Crippen molar-refractivity contribution < 1.29 is 15.3 Å². The fourth-order valence-corrected chi connectivity index (χ4v) is 0.307. The molecule has 0 bridgehead atoms. The van der Waals surface area contributed by atoms with Crippen LogP contribution in [0, 0.1) is 5.41 Å². The van der Waals surface area contributed by atoms with E-state index in [1.54, 1.807) is 0 Å². The molecular weight excluding hydrogens is 124 g/mol. The minimum atomic E-state index is -1.45. The number of hydrogen-bond acceptors (Lipinski definition) is 4. The van der Waals surface area contributed by atoms with Crippen LogP contribution in [0.3, 0.4) is 0 Å². The number of aliphatic hydroxyl groups is 3. The third-order valence-electron chi connectivity index (χ3n) is 0.870. The van der Waals surface area contributed by atoms with Crippen molar-refractivity contribution in [3.63, 3.8) is 0 Å². The molecule has 6 N–H and O–H groups in total. The second-order valence-corrected chi connectivity index (χ2v) is 1.65. The number of hydrogen-bond donors (Lipinski definition) is 5. The Bertz CT molecular complexity index is 106. The van der Waals surface area contributed by atoms with Gasteiger partial charge in [0.15, 0.2) is 0 Å². The molecule has 0 aliphatic heterocycles. The highest BCUT2D eigenvalue weighted by Crippen LogP contribution is 1.89. The second kappa shape index (κ2) is 3.39.